The van der Waals surface area contributed by atoms with E-state index < -0.39 is 0 Å². The van der Waals surface area contributed by atoms with Gasteiger partial charge in [-0.15, -0.1) is 0 Å². The van der Waals surface area contributed by atoms with Gasteiger partial charge in [-0.25, -0.2) is 0 Å². The molecule has 0 radical (unpaired) electrons. The smallest absolute Gasteiger partial charge is 0.163 e. The van der Waals surface area contributed by atoms with Crippen molar-refractivity contribution in [2.45, 2.75) is 59.6 Å². The van der Waals surface area contributed by atoms with Gasteiger partial charge in [0.05, 0.1) is 30.1 Å². The minimum Gasteiger partial charge on any atom is -0.490 e. The van der Waals surface area contributed by atoms with Gasteiger partial charge in [0.1, 0.15) is 0 Å². The molecule has 31 heavy (non-hydrogen) atoms. The molecule has 5 nitrogen and oxygen atoms in total. The fraction of sp³-hybridized carbons (Fsp3) is 0.423. The van der Waals surface area contributed by atoms with Gasteiger partial charge in [-0.2, -0.15) is 0 Å². The van der Waals surface area contributed by atoms with Gasteiger partial charge in [0.2, 0.25) is 0 Å². The molecule has 0 spiro atoms. The van der Waals surface area contributed by atoms with E-state index in [-0.39, 0.29) is 23.3 Å². The summed E-state index contributed by atoms with van der Waals surface area (Å²) < 4.78 is 11.8. The van der Waals surface area contributed by atoms with Crippen molar-refractivity contribution in [1.82, 2.24) is 0 Å². The molecule has 164 valence electrons. The van der Waals surface area contributed by atoms with Crippen molar-refractivity contribution in [2.24, 2.45) is 5.41 Å². The van der Waals surface area contributed by atoms with Crippen molar-refractivity contribution in [2.75, 3.05) is 17.2 Å². The van der Waals surface area contributed by atoms with Crippen LogP contribution >= 0.6 is 0 Å². The lowest BCUT2D eigenvalue weighted by atomic mass is 9.73. The maximum atomic E-state index is 13.4. The molecule has 0 bridgehead atoms. The van der Waals surface area contributed by atoms with Gasteiger partial charge in [0.25, 0.3) is 0 Å². The number of carbonyl (C=O) groups is 1. The number of fused-ring (bicyclic) bond motifs is 1. The molecule has 1 aliphatic heterocycles. The first-order valence-corrected chi connectivity index (χ1v) is 11.1. The highest BCUT2D eigenvalue weighted by molar-refractivity contribution is 6.01. The molecule has 1 heterocycles. The maximum absolute atomic E-state index is 13.4. The van der Waals surface area contributed by atoms with Crippen molar-refractivity contribution in [3.8, 4) is 11.5 Å². The molecule has 2 aromatic rings. The first-order valence-electron chi connectivity index (χ1n) is 11.1. The van der Waals surface area contributed by atoms with E-state index in [0.29, 0.717) is 18.8 Å². The summed E-state index contributed by atoms with van der Waals surface area (Å²) in [5.41, 5.74) is 4.71. The zero-order valence-corrected chi connectivity index (χ0v) is 19.0. The van der Waals surface area contributed by atoms with Gasteiger partial charge >= 0.3 is 0 Å². The molecular formula is C26H32N2O3. The molecule has 2 aromatic carbocycles. The quantitative estimate of drug-likeness (QED) is 0.612. The van der Waals surface area contributed by atoms with Crippen LogP contribution in [-0.2, 0) is 4.79 Å². The number of rotatable bonds is 5. The van der Waals surface area contributed by atoms with E-state index in [1.807, 2.05) is 63.2 Å². The SMILES string of the molecule is CCOc1cc([C@H]2Nc3ccccc3NC3=C2C(=O)CC(C)(C)C3)ccc1OC(C)C. The van der Waals surface area contributed by atoms with Crippen LogP contribution in [0.4, 0.5) is 11.4 Å². The Morgan fingerprint density at radius 3 is 2.52 bits per heavy atom. The van der Waals surface area contributed by atoms with Crippen molar-refractivity contribution in [1.29, 1.82) is 0 Å². The van der Waals surface area contributed by atoms with Gasteiger partial charge in [-0.05, 0) is 62.4 Å². The molecule has 0 saturated heterocycles. The maximum Gasteiger partial charge on any atom is 0.163 e. The van der Waals surface area contributed by atoms with Crippen molar-refractivity contribution >= 4 is 17.2 Å². The summed E-state index contributed by atoms with van der Waals surface area (Å²) in [6.45, 7) is 10.8. The van der Waals surface area contributed by atoms with E-state index in [9.17, 15) is 4.79 Å². The monoisotopic (exact) mass is 420 g/mol. The Bertz CT molecular complexity index is 1020. The summed E-state index contributed by atoms with van der Waals surface area (Å²) in [7, 11) is 0. The van der Waals surface area contributed by atoms with Gasteiger partial charge in [0, 0.05) is 17.7 Å². The summed E-state index contributed by atoms with van der Waals surface area (Å²) in [6, 6.07) is 13.8. The Kier molecular flexibility index (Phi) is 5.69. The van der Waals surface area contributed by atoms with Crippen molar-refractivity contribution in [3.05, 3.63) is 59.3 Å². The molecule has 5 heteroatoms. The number of ether oxygens (including phenoxy) is 2. The van der Waals surface area contributed by atoms with E-state index in [2.05, 4.69) is 24.5 Å². The van der Waals surface area contributed by atoms with Crippen LogP contribution in [0, 0.1) is 5.41 Å². The first kappa shape index (κ1) is 21.3. The fourth-order valence-electron chi connectivity index (χ4n) is 4.46. The van der Waals surface area contributed by atoms with Gasteiger partial charge in [0.15, 0.2) is 17.3 Å². The first-order chi connectivity index (χ1) is 14.8. The Morgan fingerprint density at radius 1 is 1.06 bits per heavy atom. The molecule has 2 aliphatic rings. The topological polar surface area (TPSA) is 59.6 Å². The number of benzene rings is 2. The predicted octanol–water partition coefficient (Wildman–Crippen LogP) is 6.09. The summed E-state index contributed by atoms with van der Waals surface area (Å²) in [5, 5.41) is 7.19. The summed E-state index contributed by atoms with van der Waals surface area (Å²) in [5.74, 6) is 1.61. The zero-order chi connectivity index (χ0) is 22.2. The van der Waals surface area contributed by atoms with Crippen LogP contribution in [0.25, 0.3) is 0 Å². The standard InChI is InChI=1S/C26H32N2O3/c1-6-30-23-13-17(11-12-22(23)31-16(2)3)25-24-20(14-26(4,5)15-21(24)29)27-18-9-7-8-10-19(18)28-25/h7-13,16,25,27-28H,6,14-15H2,1-5H3/t25-/m1/s1. The van der Waals surface area contributed by atoms with E-state index >= 15 is 0 Å². The Morgan fingerprint density at radius 2 is 1.81 bits per heavy atom. The minimum atomic E-state index is -0.262. The van der Waals surface area contributed by atoms with Crippen LogP contribution < -0.4 is 20.1 Å². The largest absolute Gasteiger partial charge is 0.490 e. The van der Waals surface area contributed by atoms with Crippen molar-refractivity contribution < 1.29 is 14.3 Å². The second-order valence-electron chi connectivity index (χ2n) is 9.39. The Hall–Kier alpha value is -2.95. The average Bonchev–Trinajstić information content (AvgIpc) is 2.84. The number of Topliss-reactive ketones (excluding diaryl/α,β-unsaturated/α-hetero) is 1. The number of ketones is 1. The van der Waals surface area contributed by atoms with E-state index in [1.165, 1.54) is 0 Å². The second kappa shape index (κ2) is 8.29. The molecule has 0 unspecified atom stereocenters. The zero-order valence-electron chi connectivity index (χ0n) is 19.0. The highest BCUT2D eigenvalue weighted by Gasteiger charge is 2.38. The average molecular weight is 421 g/mol. The molecule has 0 aromatic heterocycles. The third-order valence-electron chi connectivity index (χ3n) is 5.68. The van der Waals surface area contributed by atoms with Crippen LogP contribution in [0.15, 0.2) is 53.7 Å². The molecule has 1 atom stereocenters. The number of allylic oxidation sites excluding steroid dienone is 1. The van der Waals surface area contributed by atoms with Gasteiger partial charge < -0.3 is 20.1 Å². The van der Waals surface area contributed by atoms with Crippen LogP contribution in [0.1, 0.15) is 59.1 Å². The molecule has 2 N–H and O–H groups in total. The number of hydrogen-bond acceptors (Lipinski definition) is 5. The minimum absolute atomic E-state index is 0.0496. The molecule has 0 saturated carbocycles. The van der Waals surface area contributed by atoms with Crippen LogP contribution in [0.3, 0.4) is 0 Å². The molecule has 1 aliphatic carbocycles. The third-order valence-corrected chi connectivity index (χ3v) is 5.68. The second-order valence-corrected chi connectivity index (χ2v) is 9.39. The number of nitrogens with one attached hydrogen (secondary N) is 2. The van der Waals surface area contributed by atoms with Gasteiger partial charge in [-0.1, -0.05) is 32.0 Å². The lowest BCUT2D eigenvalue weighted by Crippen LogP contribution is -2.31. The summed E-state index contributed by atoms with van der Waals surface area (Å²) in [6.07, 6.45) is 1.41. The van der Waals surface area contributed by atoms with E-state index in [4.69, 9.17) is 9.47 Å². The van der Waals surface area contributed by atoms with Crippen molar-refractivity contribution in [3.63, 3.8) is 0 Å². The normalized spacial score (nSPS) is 19.7. The summed E-state index contributed by atoms with van der Waals surface area (Å²) in [4.78, 5) is 13.4. The van der Waals surface area contributed by atoms with Crippen LogP contribution in [-0.4, -0.2) is 18.5 Å². The third kappa shape index (κ3) is 4.41. The highest BCUT2D eigenvalue weighted by Crippen LogP contribution is 2.46. The van der Waals surface area contributed by atoms with E-state index in [0.717, 1.165) is 40.4 Å². The lowest BCUT2D eigenvalue weighted by molar-refractivity contribution is -0.118. The Balaban J connectivity index is 1.83. The van der Waals surface area contributed by atoms with Gasteiger partial charge in [-0.3, -0.25) is 4.79 Å². The number of anilines is 2. The molecule has 4 rings (SSSR count). The summed E-state index contributed by atoms with van der Waals surface area (Å²) >= 11 is 0. The molecule has 0 amide bonds. The molecule has 0 fully saturated rings. The molecular weight excluding hydrogens is 388 g/mol. The van der Waals surface area contributed by atoms with Crippen LogP contribution in [0.5, 0.6) is 11.5 Å². The Labute approximate surface area is 184 Å². The van der Waals surface area contributed by atoms with E-state index in [1.54, 1.807) is 0 Å². The van der Waals surface area contributed by atoms with Crippen LogP contribution in [0.2, 0.25) is 0 Å². The predicted molar refractivity (Wildman–Crippen MR) is 125 cm³/mol. The fourth-order valence-corrected chi connectivity index (χ4v) is 4.46. The number of carbonyl (C=O) groups excluding carboxylic acids is 1. The number of hydrogen-bond donors (Lipinski definition) is 2. The number of para-hydroxylation sites is 2. The highest BCUT2D eigenvalue weighted by atomic mass is 16.5. The lowest BCUT2D eigenvalue weighted by Gasteiger charge is -2.34.